The second-order valence-corrected chi connectivity index (χ2v) is 10.5. The first-order valence-corrected chi connectivity index (χ1v) is 13.8. The maximum atomic E-state index is 13.5. The van der Waals surface area contributed by atoms with E-state index in [9.17, 15) is 17.8 Å². The second kappa shape index (κ2) is 12.8. The van der Waals surface area contributed by atoms with E-state index in [4.69, 9.17) is 9.72 Å². The van der Waals surface area contributed by atoms with Gasteiger partial charge in [-0.2, -0.15) is 0 Å². The summed E-state index contributed by atoms with van der Waals surface area (Å²) in [5.41, 5.74) is 4.78. The molecule has 0 spiro atoms. The van der Waals surface area contributed by atoms with Gasteiger partial charge in [0.25, 0.3) is 5.56 Å². The third-order valence-corrected chi connectivity index (χ3v) is 6.92. The van der Waals surface area contributed by atoms with Crippen molar-refractivity contribution in [2.24, 2.45) is 0 Å². The topological polar surface area (TPSA) is 117 Å². The average molecular weight is 552 g/mol. The second-order valence-electron chi connectivity index (χ2n) is 9.02. The van der Waals surface area contributed by atoms with E-state index in [1.54, 1.807) is 29.0 Å². The summed E-state index contributed by atoms with van der Waals surface area (Å²) in [6, 6.07) is 27.1. The van der Waals surface area contributed by atoms with Gasteiger partial charge >= 0.3 is 29.6 Å². The molecule has 0 aromatic heterocycles. The molecule has 0 aliphatic carbocycles. The van der Waals surface area contributed by atoms with Gasteiger partial charge in [-0.15, -0.1) is 0 Å². The normalized spacial score (nSPS) is 11.3. The van der Waals surface area contributed by atoms with Gasteiger partial charge < -0.3 is 14.3 Å². The Morgan fingerprint density at radius 3 is 2.31 bits per heavy atom. The molecule has 2 aliphatic rings. The Labute approximate surface area is 249 Å². The van der Waals surface area contributed by atoms with Crippen molar-refractivity contribution in [3.63, 3.8) is 0 Å². The number of H-pyrrole nitrogens is 1. The van der Waals surface area contributed by atoms with Crippen molar-refractivity contribution >= 4 is 10.1 Å². The molecule has 8 nitrogen and oxygen atoms in total. The molecule has 10 heteroatoms. The summed E-state index contributed by atoms with van der Waals surface area (Å²) in [5, 5.41) is 0. The quantitative estimate of drug-likeness (QED) is 0.158. The van der Waals surface area contributed by atoms with E-state index in [0.717, 1.165) is 28.1 Å². The number of hydrogen-bond donors (Lipinski definition) is 1. The maximum absolute atomic E-state index is 13.5. The molecule has 0 saturated heterocycles. The summed E-state index contributed by atoms with van der Waals surface area (Å²) >= 11 is 0. The van der Waals surface area contributed by atoms with Gasteiger partial charge in [0.15, 0.2) is 5.82 Å². The number of aromatic amines is 1. The van der Waals surface area contributed by atoms with E-state index in [0.29, 0.717) is 30.1 Å². The van der Waals surface area contributed by atoms with Crippen LogP contribution in [-0.4, -0.2) is 39.9 Å². The van der Waals surface area contributed by atoms with Crippen LogP contribution in [0.2, 0.25) is 0 Å². The van der Waals surface area contributed by atoms with Crippen molar-refractivity contribution in [1.82, 2.24) is 14.5 Å². The fourth-order valence-corrected chi connectivity index (χ4v) is 4.82. The monoisotopic (exact) mass is 551 g/mol. The molecule has 39 heavy (non-hydrogen) atoms. The van der Waals surface area contributed by atoms with Crippen LogP contribution in [0.1, 0.15) is 28.9 Å². The van der Waals surface area contributed by atoms with Crippen molar-refractivity contribution in [3.05, 3.63) is 124 Å². The first kappa shape index (κ1) is 28.8. The molecule has 1 N–H and O–H groups in total. The molecular weight excluding hydrogens is 525 g/mol. The molecule has 0 atom stereocenters. The van der Waals surface area contributed by atoms with Gasteiger partial charge in [0, 0.05) is 24.8 Å². The third-order valence-electron chi connectivity index (χ3n) is 6.13. The SMILES string of the molecule is O=c1c(Cc2cccc(OCCCS(=O)(=O)[O-])c2)nc2c(Cc3ccccc3)[nH]c(-c3ccccc3)cn1-2.[Na+]. The number of nitrogens with one attached hydrogen (secondary N) is 1. The Kier molecular flexibility index (Phi) is 9.42. The molecule has 2 aliphatic heterocycles. The van der Waals surface area contributed by atoms with E-state index in [2.05, 4.69) is 4.98 Å². The van der Waals surface area contributed by atoms with Crippen LogP contribution in [0.5, 0.6) is 5.75 Å². The van der Waals surface area contributed by atoms with Crippen LogP contribution >= 0.6 is 0 Å². The number of imidazole rings is 1. The molecule has 3 aromatic carbocycles. The fraction of sp³-hybridized carbons (Fsp3) is 0.172. The molecule has 0 amide bonds. The number of fused-ring (bicyclic) bond motifs is 1. The summed E-state index contributed by atoms with van der Waals surface area (Å²) in [7, 11) is -4.27. The smallest absolute Gasteiger partial charge is 0.748 e. The Balaban J connectivity index is 0.00000353. The molecule has 0 saturated carbocycles. The van der Waals surface area contributed by atoms with Gasteiger partial charge in [0.05, 0.1) is 28.1 Å². The zero-order valence-electron chi connectivity index (χ0n) is 21.5. The Morgan fingerprint density at radius 1 is 0.897 bits per heavy atom. The summed E-state index contributed by atoms with van der Waals surface area (Å²) in [4.78, 5) is 21.7. The van der Waals surface area contributed by atoms with Gasteiger partial charge in [-0.25, -0.2) is 13.4 Å². The van der Waals surface area contributed by atoms with E-state index >= 15 is 0 Å². The number of nitrogens with zero attached hydrogens (tertiary/aromatic N) is 2. The van der Waals surface area contributed by atoms with Crippen LogP contribution in [-0.2, 0) is 23.0 Å². The van der Waals surface area contributed by atoms with Crippen LogP contribution in [0.25, 0.3) is 17.1 Å². The zero-order chi connectivity index (χ0) is 26.5. The van der Waals surface area contributed by atoms with E-state index in [1.807, 2.05) is 66.7 Å². The number of ether oxygens (including phenoxy) is 1. The first-order chi connectivity index (χ1) is 18.4. The molecule has 0 bridgehead atoms. The molecule has 194 valence electrons. The summed E-state index contributed by atoms with van der Waals surface area (Å²) in [6.07, 6.45) is 2.79. The summed E-state index contributed by atoms with van der Waals surface area (Å²) in [6.45, 7) is 0.104. The number of aromatic nitrogens is 3. The minimum Gasteiger partial charge on any atom is -0.748 e. The molecule has 5 rings (SSSR count). The Morgan fingerprint density at radius 2 is 1.59 bits per heavy atom. The fourth-order valence-electron chi connectivity index (χ4n) is 4.34. The maximum Gasteiger partial charge on any atom is 1.00 e. The predicted octanol–water partition coefficient (Wildman–Crippen LogP) is 1.17. The number of hydrogen-bond acceptors (Lipinski definition) is 6. The predicted molar refractivity (Wildman–Crippen MR) is 144 cm³/mol. The van der Waals surface area contributed by atoms with E-state index in [-0.39, 0.29) is 48.1 Å². The Bertz CT molecular complexity index is 1670. The average Bonchev–Trinajstić information content (AvgIpc) is 3.23. The van der Waals surface area contributed by atoms with Gasteiger partial charge in [-0.05, 0) is 35.2 Å². The molecule has 2 heterocycles. The molecule has 0 radical (unpaired) electrons. The molecule has 0 unspecified atom stereocenters. The van der Waals surface area contributed by atoms with Crippen molar-refractivity contribution in [2.45, 2.75) is 19.3 Å². The largest absolute Gasteiger partial charge is 1.00 e. The van der Waals surface area contributed by atoms with Gasteiger partial charge in [-0.1, -0.05) is 72.8 Å². The molecule has 3 aromatic rings. The Hall–Kier alpha value is -3.21. The number of benzene rings is 3. The van der Waals surface area contributed by atoms with Crippen molar-refractivity contribution in [3.8, 4) is 22.8 Å². The van der Waals surface area contributed by atoms with Crippen LogP contribution in [0.15, 0.2) is 95.9 Å². The third kappa shape index (κ3) is 7.46. The molecular formula is C29H26N3NaO5S. The van der Waals surface area contributed by atoms with Crippen molar-refractivity contribution in [2.75, 3.05) is 12.4 Å². The number of rotatable bonds is 10. The standard InChI is InChI=1S/C29H27N3O5S.Na/c33-29-26(19-22-11-7-14-24(17-22)37-15-8-16-38(34,35)36)31-28-25(18-21-9-3-1-4-10-21)30-27(20-32(28)29)23-12-5-2-6-13-23;/h1-7,9-14,17,20,30H,8,15-16,18-19H2,(H,34,35,36);/q;+1/p-1. The van der Waals surface area contributed by atoms with Gasteiger partial charge in [0.2, 0.25) is 0 Å². The van der Waals surface area contributed by atoms with Crippen LogP contribution in [0.3, 0.4) is 0 Å². The first-order valence-electron chi connectivity index (χ1n) is 12.2. The van der Waals surface area contributed by atoms with Crippen molar-refractivity contribution in [1.29, 1.82) is 0 Å². The van der Waals surface area contributed by atoms with E-state index < -0.39 is 15.9 Å². The van der Waals surface area contributed by atoms with Gasteiger partial charge in [-0.3, -0.25) is 9.36 Å². The molecule has 0 fully saturated rings. The van der Waals surface area contributed by atoms with Crippen molar-refractivity contribution < 1.29 is 47.3 Å². The van der Waals surface area contributed by atoms with E-state index in [1.165, 1.54) is 0 Å². The minimum atomic E-state index is -4.27. The van der Waals surface area contributed by atoms with Crippen LogP contribution in [0, 0.1) is 0 Å². The summed E-state index contributed by atoms with van der Waals surface area (Å²) in [5.74, 6) is 0.645. The summed E-state index contributed by atoms with van der Waals surface area (Å²) < 4.78 is 39.6. The zero-order valence-corrected chi connectivity index (χ0v) is 24.4. The minimum absolute atomic E-state index is 0. The van der Waals surface area contributed by atoms with Gasteiger partial charge in [0.1, 0.15) is 11.4 Å². The van der Waals surface area contributed by atoms with Crippen LogP contribution in [0.4, 0.5) is 0 Å². The van der Waals surface area contributed by atoms with Crippen LogP contribution < -0.4 is 39.9 Å².